The van der Waals surface area contributed by atoms with Gasteiger partial charge in [0.1, 0.15) is 18.0 Å². The van der Waals surface area contributed by atoms with Gasteiger partial charge in [-0.2, -0.15) is 0 Å². The molecule has 5 nitrogen and oxygen atoms in total. The third-order valence-corrected chi connectivity index (χ3v) is 6.02. The molecule has 1 aromatic rings. The molecule has 1 fully saturated rings. The number of benzene rings is 1. The monoisotopic (exact) mass is 432 g/mol. The summed E-state index contributed by atoms with van der Waals surface area (Å²) in [5, 5.41) is 0. The Hall–Kier alpha value is -1.53. The minimum Gasteiger partial charge on any atom is -0.492 e. The Labute approximate surface area is 189 Å². The van der Waals surface area contributed by atoms with Crippen molar-refractivity contribution in [1.82, 2.24) is 0 Å². The van der Waals surface area contributed by atoms with Crippen molar-refractivity contribution < 1.29 is 23.6 Å². The molecule has 174 valence electrons. The number of hydrogen-bond donors (Lipinski definition) is 0. The molecule has 0 radical (unpaired) electrons. The molecule has 6 heteroatoms. The molecule has 0 spiro atoms. The Morgan fingerprint density at radius 1 is 1.06 bits per heavy atom. The number of ether oxygens (including phenoxy) is 2. The molecule has 1 aromatic carbocycles. The molecule has 1 aliphatic rings. The van der Waals surface area contributed by atoms with Crippen LogP contribution in [0.2, 0.25) is 0 Å². The molecule has 0 bridgehead atoms. The number of hydrogen-bond acceptors (Lipinski definition) is 5. The second kappa shape index (κ2) is 8.78. The van der Waals surface area contributed by atoms with Gasteiger partial charge in [-0.15, -0.1) is 0 Å². The molecule has 0 unspecified atom stereocenters. The molecule has 0 aliphatic carbocycles. The minimum atomic E-state index is -0.724. The number of carbonyl (C=O) groups excluding carboxylic acids is 1. The first-order chi connectivity index (χ1) is 14.0. The van der Waals surface area contributed by atoms with Crippen LogP contribution in [-0.2, 0) is 18.8 Å². The van der Waals surface area contributed by atoms with E-state index in [2.05, 4.69) is 13.8 Å². The molecule has 2 rings (SSSR count). The van der Waals surface area contributed by atoms with Crippen LogP contribution in [0.1, 0.15) is 81.2 Å². The van der Waals surface area contributed by atoms with E-state index in [1.807, 2.05) is 80.5 Å². The van der Waals surface area contributed by atoms with Gasteiger partial charge in [0.2, 0.25) is 0 Å². The van der Waals surface area contributed by atoms with Crippen molar-refractivity contribution in [1.29, 1.82) is 0 Å². The zero-order chi connectivity index (χ0) is 23.8. The normalized spacial score (nSPS) is 19.9. The minimum absolute atomic E-state index is 0.222. The number of carbonyl (C=O) groups is 1. The Balaban J connectivity index is 2.15. The molecule has 0 saturated carbocycles. The SMILES string of the molecule is Cc1cc(B2OC(C)(C)C(C)(C)O2)ccc1OC[C@](C)(CC(C)C)C(=O)OC(C)(C)C. The quantitative estimate of drug-likeness (QED) is 0.445. The summed E-state index contributed by atoms with van der Waals surface area (Å²) >= 11 is 0. The number of aryl methyl sites for hydroxylation is 1. The van der Waals surface area contributed by atoms with Crippen molar-refractivity contribution in [2.75, 3.05) is 6.61 Å². The molecular formula is C25H41BO5. The van der Waals surface area contributed by atoms with Gasteiger partial charge in [-0.05, 0) is 91.7 Å². The van der Waals surface area contributed by atoms with Crippen LogP contribution in [0.3, 0.4) is 0 Å². The summed E-state index contributed by atoms with van der Waals surface area (Å²) in [5.74, 6) is 0.868. The van der Waals surface area contributed by atoms with Crippen LogP contribution in [0, 0.1) is 18.3 Å². The van der Waals surface area contributed by atoms with E-state index in [0.717, 1.165) is 16.8 Å². The highest BCUT2D eigenvalue weighted by Crippen LogP contribution is 2.37. The second-order valence-corrected chi connectivity index (χ2v) is 11.6. The van der Waals surface area contributed by atoms with Crippen molar-refractivity contribution in [3.05, 3.63) is 23.8 Å². The first-order valence-electron chi connectivity index (χ1n) is 11.3. The third-order valence-electron chi connectivity index (χ3n) is 6.02. The van der Waals surface area contributed by atoms with Crippen LogP contribution in [0.5, 0.6) is 5.75 Å². The fourth-order valence-corrected chi connectivity index (χ4v) is 3.70. The standard InChI is InChI=1S/C25H41BO5/c1-17(2)15-25(11,21(27)29-22(4,5)6)16-28-20-13-12-19(14-18(20)3)26-30-23(7,8)24(9,10)31-26/h12-14,17H,15-16H2,1-11H3/t25-/m0/s1. The molecule has 1 aliphatic heterocycles. The first kappa shape index (κ1) is 25.7. The smallest absolute Gasteiger partial charge is 0.492 e. The van der Waals surface area contributed by atoms with Gasteiger partial charge in [0, 0.05) is 0 Å². The average Bonchev–Trinajstić information content (AvgIpc) is 2.79. The van der Waals surface area contributed by atoms with Gasteiger partial charge in [-0.3, -0.25) is 4.79 Å². The van der Waals surface area contributed by atoms with Gasteiger partial charge in [-0.1, -0.05) is 26.0 Å². The van der Waals surface area contributed by atoms with E-state index in [1.54, 1.807) is 0 Å². The van der Waals surface area contributed by atoms with Gasteiger partial charge in [0.05, 0.1) is 16.6 Å². The summed E-state index contributed by atoms with van der Waals surface area (Å²) in [7, 11) is -0.411. The molecular weight excluding hydrogens is 391 g/mol. The summed E-state index contributed by atoms with van der Waals surface area (Å²) in [4.78, 5) is 12.9. The van der Waals surface area contributed by atoms with E-state index in [1.165, 1.54) is 0 Å². The van der Waals surface area contributed by atoms with Crippen molar-refractivity contribution in [2.24, 2.45) is 11.3 Å². The van der Waals surface area contributed by atoms with Crippen molar-refractivity contribution in [2.45, 2.75) is 99.4 Å². The largest absolute Gasteiger partial charge is 0.494 e. The first-order valence-corrected chi connectivity index (χ1v) is 11.3. The molecule has 0 aromatic heterocycles. The van der Waals surface area contributed by atoms with Crippen molar-refractivity contribution in [3.8, 4) is 5.75 Å². The maximum Gasteiger partial charge on any atom is 0.494 e. The zero-order valence-corrected chi connectivity index (χ0v) is 21.3. The lowest BCUT2D eigenvalue weighted by atomic mass is 9.78. The van der Waals surface area contributed by atoms with Crippen LogP contribution in [0.15, 0.2) is 18.2 Å². The van der Waals surface area contributed by atoms with E-state index >= 15 is 0 Å². The number of rotatable bonds is 7. The molecule has 1 saturated heterocycles. The average molecular weight is 432 g/mol. The highest BCUT2D eigenvalue weighted by molar-refractivity contribution is 6.62. The lowest BCUT2D eigenvalue weighted by Gasteiger charge is -2.32. The summed E-state index contributed by atoms with van der Waals surface area (Å²) in [6, 6.07) is 5.93. The fraction of sp³-hybridized carbons (Fsp3) is 0.720. The summed E-state index contributed by atoms with van der Waals surface area (Å²) in [6.45, 7) is 22.2. The Kier molecular flexibility index (Phi) is 7.29. The van der Waals surface area contributed by atoms with E-state index in [9.17, 15) is 4.79 Å². The van der Waals surface area contributed by atoms with E-state index in [4.69, 9.17) is 18.8 Å². The Bertz CT molecular complexity index is 778. The Morgan fingerprint density at radius 3 is 2.06 bits per heavy atom. The lowest BCUT2D eigenvalue weighted by molar-refractivity contribution is -0.169. The second-order valence-electron chi connectivity index (χ2n) is 11.6. The molecule has 31 heavy (non-hydrogen) atoms. The van der Waals surface area contributed by atoms with Gasteiger partial charge in [0.15, 0.2) is 0 Å². The molecule has 0 amide bonds. The summed E-state index contributed by atoms with van der Waals surface area (Å²) in [6.07, 6.45) is 0.687. The van der Waals surface area contributed by atoms with Gasteiger partial charge in [0.25, 0.3) is 0 Å². The lowest BCUT2D eigenvalue weighted by Crippen LogP contribution is -2.41. The van der Waals surface area contributed by atoms with Crippen LogP contribution in [-0.4, -0.2) is 36.5 Å². The van der Waals surface area contributed by atoms with E-state index < -0.39 is 18.1 Å². The predicted molar refractivity (Wildman–Crippen MR) is 126 cm³/mol. The summed E-state index contributed by atoms with van der Waals surface area (Å²) < 4.78 is 24.2. The molecule has 1 atom stereocenters. The maximum atomic E-state index is 12.9. The van der Waals surface area contributed by atoms with E-state index in [-0.39, 0.29) is 23.8 Å². The third kappa shape index (κ3) is 6.26. The molecule has 1 heterocycles. The highest BCUT2D eigenvalue weighted by Gasteiger charge is 2.51. The summed E-state index contributed by atoms with van der Waals surface area (Å²) in [5.41, 5.74) is -0.0860. The Morgan fingerprint density at radius 2 is 1.61 bits per heavy atom. The topological polar surface area (TPSA) is 54.0 Å². The maximum absolute atomic E-state index is 12.9. The van der Waals surface area contributed by atoms with Crippen LogP contribution in [0.4, 0.5) is 0 Å². The van der Waals surface area contributed by atoms with Crippen LogP contribution >= 0.6 is 0 Å². The zero-order valence-electron chi connectivity index (χ0n) is 21.3. The van der Waals surface area contributed by atoms with Gasteiger partial charge >= 0.3 is 13.1 Å². The van der Waals surface area contributed by atoms with Crippen molar-refractivity contribution >= 4 is 18.6 Å². The molecule has 0 N–H and O–H groups in total. The highest BCUT2D eigenvalue weighted by atomic mass is 16.7. The van der Waals surface area contributed by atoms with Crippen molar-refractivity contribution in [3.63, 3.8) is 0 Å². The van der Waals surface area contributed by atoms with Crippen LogP contribution in [0.25, 0.3) is 0 Å². The van der Waals surface area contributed by atoms with Crippen LogP contribution < -0.4 is 10.2 Å². The number of esters is 1. The van der Waals surface area contributed by atoms with E-state index in [0.29, 0.717) is 12.3 Å². The predicted octanol–water partition coefficient (Wildman–Crippen LogP) is 5.07. The fourth-order valence-electron chi connectivity index (χ4n) is 3.70. The van der Waals surface area contributed by atoms with Gasteiger partial charge in [-0.25, -0.2) is 0 Å². The van der Waals surface area contributed by atoms with Gasteiger partial charge < -0.3 is 18.8 Å².